The second-order valence-corrected chi connectivity index (χ2v) is 5.93. The highest BCUT2D eigenvalue weighted by atomic mass is 35.5. The number of halogens is 1. The minimum atomic E-state index is 0.623. The van der Waals surface area contributed by atoms with Crippen LogP contribution in [-0.4, -0.2) is 24.3 Å². The van der Waals surface area contributed by atoms with Gasteiger partial charge in [0, 0.05) is 14.1 Å². The van der Waals surface area contributed by atoms with Crippen LogP contribution in [0.5, 0.6) is 0 Å². The smallest absolute Gasteiger partial charge is 0.191 e. The van der Waals surface area contributed by atoms with Gasteiger partial charge in [-0.25, -0.2) is 4.98 Å². The molecule has 0 aromatic carbocycles. The number of nitrogens with zero attached hydrogens (tertiary/aromatic N) is 5. The largest absolute Gasteiger partial charge is 0.469 e. The molecule has 0 amide bonds. The first kappa shape index (κ1) is 14.2. The number of furan rings is 1. The molecule has 110 valence electrons. The molecule has 0 aliphatic heterocycles. The SMILES string of the molecule is Cc1occc1-c1nnc(SCc2ncc(Cl)n2C)n1C. The van der Waals surface area contributed by atoms with Gasteiger partial charge in [-0.1, -0.05) is 23.4 Å². The molecule has 0 aliphatic rings. The molecule has 0 saturated heterocycles. The zero-order valence-corrected chi connectivity index (χ0v) is 13.4. The Morgan fingerprint density at radius 1 is 1.29 bits per heavy atom. The van der Waals surface area contributed by atoms with Crippen molar-refractivity contribution in [3.05, 3.63) is 35.3 Å². The third kappa shape index (κ3) is 2.58. The fraction of sp³-hybridized carbons (Fsp3) is 0.308. The molecule has 0 bridgehead atoms. The molecule has 0 radical (unpaired) electrons. The van der Waals surface area contributed by atoms with E-state index in [2.05, 4.69) is 15.2 Å². The van der Waals surface area contributed by atoms with Crippen LogP contribution in [0.15, 0.2) is 28.1 Å². The number of rotatable bonds is 4. The maximum absolute atomic E-state index is 5.98. The summed E-state index contributed by atoms with van der Waals surface area (Å²) >= 11 is 7.55. The van der Waals surface area contributed by atoms with Crippen molar-refractivity contribution in [1.29, 1.82) is 0 Å². The topological polar surface area (TPSA) is 61.7 Å². The minimum Gasteiger partial charge on any atom is -0.469 e. The van der Waals surface area contributed by atoms with Crippen LogP contribution < -0.4 is 0 Å². The van der Waals surface area contributed by atoms with Crippen LogP contribution in [-0.2, 0) is 19.8 Å². The monoisotopic (exact) mass is 323 g/mol. The van der Waals surface area contributed by atoms with Crippen LogP contribution in [0.2, 0.25) is 5.15 Å². The Balaban J connectivity index is 1.80. The van der Waals surface area contributed by atoms with Gasteiger partial charge in [-0.15, -0.1) is 10.2 Å². The van der Waals surface area contributed by atoms with Crippen molar-refractivity contribution in [3.8, 4) is 11.4 Å². The van der Waals surface area contributed by atoms with Gasteiger partial charge in [0.05, 0.1) is 23.8 Å². The first-order valence-electron chi connectivity index (χ1n) is 6.30. The highest BCUT2D eigenvalue weighted by molar-refractivity contribution is 7.98. The van der Waals surface area contributed by atoms with Crippen LogP contribution in [0, 0.1) is 6.92 Å². The lowest BCUT2D eigenvalue weighted by Gasteiger charge is -2.04. The Bertz CT molecular complexity index is 775. The third-order valence-corrected chi connectivity index (χ3v) is 4.66. The van der Waals surface area contributed by atoms with E-state index in [1.807, 2.05) is 36.2 Å². The van der Waals surface area contributed by atoms with Crippen molar-refractivity contribution < 1.29 is 4.42 Å². The molecule has 0 fully saturated rings. The maximum atomic E-state index is 5.98. The van der Waals surface area contributed by atoms with Crippen molar-refractivity contribution >= 4 is 23.4 Å². The van der Waals surface area contributed by atoms with Crippen molar-refractivity contribution in [2.45, 2.75) is 17.8 Å². The maximum Gasteiger partial charge on any atom is 0.191 e. The lowest BCUT2D eigenvalue weighted by molar-refractivity contribution is 0.534. The summed E-state index contributed by atoms with van der Waals surface area (Å²) in [6.07, 6.45) is 3.30. The number of hydrogen-bond acceptors (Lipinski definition) is 5. The molecule has 0 aliphatic carbocycles. The summed E-state index contributed by atoms with van der Waals surface area (Å²) in [7, 11) is 3.83. The molecule has 21 heavy (non-hydrogen) atoms. The van der Waals surface area contributed by atoms with E-state index >= 15 is 0 Å². The fourth-order valence-corrected chi connectivity index (χ4v) is 3.03. The molecule has 3 aromatic heterocycles. The number of thioether (sulfide) groups is 1. The molecule has 0 unspecified atom stereocenters. The molecule has 3 rings (SSSR count). The molecule has 3 heterocycles. The summed E-state index contributed by atoms with van der Waals surface area (Å²) in [5.74, 6) is 3.20. The van der Waals surface area contributed by atoms with E-state index in [1.54, 1.807) is 24.2 Å². The summed E-state index contributed by atoms with van der Waals surface area (Å²) in [6, 6.07) is 1.90. The zero-order chi connectivity index (χ0) is 15.0. The van der Waals surface area contributed by atoms with E-state index in [-0.39, 0.29) is 0 Å². The van der Waals surface area contributed by atoms with E-state index < -0.39 is 0 Å². The molecular weight excluding hydrogens is 310 g/mol. The third-order valence-electron chi connectivity index (χ3n) is 3.29. The van der Waals surface area contributed by atoms with E-state index in [1.165, 1.54) is 0 Å². The molecule has 0 atom stereocenters. The molecule has 0 spiro atoms. The van der Waals surface area contributed by atoms with E-state index in [9.17, 15) is 0 Å². The average molecular weight is 324 g/mol. The average Bonchev–Trinajstić information content (AvgIpc) is 3.12. The van der Waals surface area contributed by atoms with Gasteiger partial charge in [-0.3, -0.25) is 0 Å². The minimum absolute atomic E-state index is 0.623. The lowest BCUT2D eigenvalue weighted by Crippen LogP contribution is -1.98. The lowest BCUT2D eigenvalue weighted by atomic mass is 10.2. The van der Waals surface area contributed by atoms with Gasteiger partial charge in [0.1, 0.15) is 16.7 Å². The zero-order valence-electron chi connectivity index (χ0n) is 11.9. The predicted molar refractivity (Wildman–Crippen MR) is 81.2 cm³/mol. The number of aromatic nitrogens is 5. The standard InChI is InChI=1S/C13H14ClN5OS/c1-8-9(4-5-20-8)12-16-17-13(19(12)3)21-7-11-15-6-10(14)18(11)2/h4-6H,7H2,1-3H3. The Labute approximate surface area is 131 Å². The van der Waals surface area contributed by atoms with E-state index in [4.69, 9.17) is 16.0 Å². The van der Waals surface area contributed by atoms with Crippen LogP contribution >= 0.6 is 23.4 Å². The van der Waals surface area contributed by atoms with Crippen molar-refractivity contribution in [3.63, 3.8) is 0 Å². The Kier molecular flexibility index (Phi) is 3.77. The highest BCUT2D eigenvalue weighted by Gasteiger charge is 2.15. The van der Waals surface area contributed by atoms with Gasteiger partial charge in [-0.2, -0.15) is 0 Å². The second-order valence-electron chi connectivity index (χ2n) is 4.60. The van der Waals surface area contributed by atoms with Gasteiger partial charge in [0.15, 0.2) is 11.0 Å². The normalized spacial score (nSPS) is 11.2. The van der Waals surface area contributed by atoms with Crippen molar-refractivity contribution in [2.24, 2.45) is 14.1 Å². The number of imidazole rings is 1. The van der Waals surface area contributed by atoms with Crippen molar-refractivity contribution in [1.82, 2.24) is 24.3 Å². The molecular formula is C13H14ClN5OS. The van der Waals surface area contributed by atoms with Gasteiger partial charge < -0.3 is 13.6 Å². The molecule has 0 N–H and O–H groups in total. The van der Waals surface area contributed by atoms with E-state index in [0.29, 0.717) is 10.9 Å². The van der Waals surface area contributed by atoms with Crippen molar-refractivity contribution in [2.75, 3.05) is 0 Å². The second kappa shape index (κ2) is 5.57. The number of hydrogen-bond donors (Lipinski definition) is 0. The summed E-state index contributed by atoms with van der Waals surface area (Å²) in [6.45, 7) is 1.91. The predicted octanol–water partition coefficient (Wildman–Crippen LogP) is 3.06. The van der Waals surface area contributed by atoms with Crippen LogP contribution in [0.3, 0.4) is 0 Å². The molecule has 8 heteroatoms. The Hall–Kier alpha value is -1.73. The first-order chi connectivity index (χ1) is 10.1. The Morgan fingerprint density at radius 3 is 2.71 bits per heavy atom. The van der Waals surface area contributed by atoms with Gasteiger partial charge in [-0.05, 0) is 13.0 Å². The summed E-state index contributed by atoms with van der Waals surface area (Å²) in [5.41, 5.74) is 0.955. The highest BCUT2D eigenvalue weighted by Crippen LogP contribution is 2.27. The summed E-state index contributed by atoms with van der Waals surface area (Å²) in [4.78, 5) is 4.27. The van der Waals surface area contributed by atoms with Gasteiger partial charge >= 0.3 is 0 Å². The summed E-state index contributed by atoms with van der Waals surface area (Å²) < 4.78 is 9.12. The van der Waals surface area contributed by atoms with Crippen LogP contribution in [0.4, 0.5) is 0 Å². The van der Waals surface area contributed by atoms with Crippen LogP contribution in [0.1, 0.15) is 11.6 Å². The summed E-state index contributed by atoms with van der Waals surface area (Å²) in [5, 5.41) is 9.91. The van der Waals surface area contributed by atoms with Crippen LogP contribution in [0.25, 0.3) is 11.4 Å². The van der Waals surface area contributed by atoms with Gasteiger partial charge in [0.2, 0.25) is 0 Å². The quantitative estimate of drug-likeness (QED) is 0.690. The fourth-order valence-electron chi connectivity index (χ4n) is 1.98. The van der Waals surface area contributed by atoms with E-state index in [0.717, 1.165) is 28.1 Å². The van der Waals surface area contributed by atoms with Gasteiger partial charge in [0.25, 0.3) is 0 Å². The molecule has 6 nitrogen and oxygen atoms in total. The Morgan fingerprint density at radius 2 is 2.10 bits per heavy atom. The molecule has 3 aromatic rings. The molecule has 0 saturated carbocycles. The number of aryl methyl sites for hydroxylation is 1. The first-order valence-corrected chi connectivity index (χ1v) is 7.67.